The number of rotatable bonds is 14. The van der Waals surface area contributed by atoms with Crippen molar-refractivity contribution in [1.82, 2.24) is 10.6 Å². The smallest absolute Gasteiger partial charge is 0.220 e. The molecule has 0 spiro atoms. The summed E-state index contributed by atoms with van der Waals surface area (Å²) in [5.74, 6) is 1.88. The molecule has 1 amide bonds. The molecule has 30 heavy (non-hydrogen) atoms. The van der Waals surface area contributed by atoms with Crippen LogP contribution in [0.25, 0.3) is 0 Å². The van der Waals surface area contributed by atoms with Crippen LogP contribution >= 0.6 is 11.8 Å². The zero-order valence-corrected chi connectivity index (χ0v) is 18.8. The number of methoxy groups -OCH3 is 1. The molecule has 2 rings (SSSR count). The molecule has 164 valence electrons. The van der Waals surface area contributed by atoms with Gasteiger partial charge >= 0.3 is 0 Å². The van der Waals surface area contributed by atoms with Gasteiger partial charge < -0.3 is 20.5 Å². The summed E-state index contributed by atoms with van der Waals surface area (Å²) >= 11 is 1.79. The molecule has 0 fully saturated rings. The van der Waals surface area contributed by atoms with Gasteiger partial charge in [-0.1, -0.05) is 42.5 Å². The van der Waals surface area contributed by atoms with Crippen molar-refractivity contribution in [2.45, 2.75) is 44.4 Å². The third-order valence-electron chi connectivity index (χ3n) is 4.98. The molecule has 3 N–H and O–H groups in total. The van der Waals surface area contributed by atoms with Gasteiger partial charge in [-0.3, -0.25) is 4.79 Å². The second-order valence-corrected chi connectivity index (χ2v) is 8.34. The lowest BCUT2D eigenvalue weighted by Crippen LogP contribution is -2.47. The van der Waals surface area contributed by atoms with Gasteiger partial charge in [0.05, 0.1) is 13.2 Å². The summed E-state index contributed by atoms with van der Waals surface area (Å²) in [5, 5.41) is 17.1. The molecule has 0 heterocycles. The summed E-state index contributed by atoms with van der Waals surface area (Å²) in [7, 11) is 1.65. The van der Waals surface area contributed by atoms with Crippen molar-refractivity contribution in [2.75, 3.05) is 25.7 Å². The van der Waals surface area contributed by atoms with Gasteiger partial charge in [-0.05, 0) is 54.5 Å². The second kappa shape index (κ2) is 14.1. The van der Waals surface area contributed by atoms with E-state index in [1.54, 1.807) is 18.9 Å². The van der Waals surface area contributed by atoms with E-state index >= 15 is 0 Å². The Hall–Kier alpha value is -2.02. The number of benzene rings is 2. The molecule has 0 unspecified atom stereocenters. The van der Waals surface area contributed by atoms with Gasteiger partial charge in [0.15, 0.2) is 0 Å². The van der Waals surface area contributed by atoms with Crippen LogP contribution in [0.1, 0.15) is 30.4 Å². The lowest BCUT2D eigenvalue weighted by molar-refractivity contribution is -0.121. The zero-order valence-electron chi connectivity index (χ0n) is 18.0. The zero-order chi connectivity index (χ0) is 21.6. The minimum absolute atomic E-state index is 0.00131. The van der Waals surface area contributed by atoms with E-state index in [4.69, 9.17) is 4.74 Å². The van der Waals surface area contributed by atoms with Crippen molar-refractivity contribution in [3.8, 4) is 5.75 Å². The molecule has 0 aliphatic rings. The van der Waals surface area contributed by atoms with E-state index in [1.165, 1.54) is 0 Å². The maximum atomic E-state index is 12.1. The fourth-order valence-electron chi connectivity index (χ4n) is 3.22. The van der Waals surface area contributed by atoms with Crippen molar-refractivity contribution < 1.29 is 14.6 Å². The molecule has 0 saturated carbocycles. The second-order valence-electron chi connectivity index (χ2n) is 7.35. The van der Waals surface area contributed by atoms with Crippen LogP contribution in [0.3, 0.4) is 0 Å². The fourth-order valence-corrected chi connectivity index (χ4v) is 3.72. The van der Waals surface area contributed by atoms with E-state index < -0.39 is 6.10 Å². The number of amides is 1. The van der Waals surface area contributed by atoms with Crippen LogP contribution in [0, 0.1) is 0 Å². The minimum Gasteiger partial charge on any atom is -0.497 e. The van der Waals surface area contributed by atoms with Crippen molar-refractivity contribution >= 4 is 17.7 Å². The first-order chi connectivity index (χ1) is 14.6. The quantitative estimate of drug-likeness (QED) is 0.401. The lowest BCUT2D eigenvalue weighted by Gasteiger charge is -2.25. The Kier molecular flexibility index (Phi) is 11.4. The van der Waals surface area contributed by atoms with Crippen LogP contribution in [-0.4, -0.2) is 48.8 Å². The fraction of sp³-hybridized carbons (Fsp3) is 0.458. The number of hydrogen-bond acceptors (Lipinski definition) is 5. The number of ether oxygens (including phenoxy) is 1. The van der Waals surface area contributed by atoms with Crippen LogP contribution in [0.4, 0.5) is 0 Å². The first-order valence-electron chi connectivity index (χ1n) is 10.5. The third kappa shape index (κ3) is 9.20. The molecule has 0 aromatic heterocycles. The van der Waals surface area contributed by atoms with E-state index in [9.17, 15) is 9.90 Å². The predicted molar refractivity (Wildman–Crippen MR) is 125 cm³/mol. The average Bonchev–Trinajstić information content (AvgIpc) is 2.78. The highest BCUT2D eigenvalue weighted by atomic mass is 32.2. The molecule has 6 heteroatoms. The van der Waals surface area contributed by atoms with Crippen molar-refractivity contribution in [3.63, 3.8) is 0 Å². The van der Waals surface area contributed by atoms with Crippen LogP contribution in [-0.2, 0) is 17.8 Å². The number of aliphatic hydroxyl groups is 1. The number of carbonyl (C=O) groups excluding carboxylic acids is 1. The maximum Gasteiger partial charge on any atom is 0.220 e. The molecule has 0 aliphatic carbocycles. The maximum absolute atomic E-state index is 12.1. The molecule has 0 aliphatic heterocycles. The van der Waals surface area contributed by atoms with Crippen LogP contribution < -0.4 is 15.4 Å². The number of nitrogens with one attached hydrogen (secondary N) is 2. The summed E-state index contributed by atoms with van der Waals surface area (Å²) in [6.07, 6.45) is 4.48. The third-order valence-corrected chi connectivity index (χ3v) is 5.67. The van der Waals surface area contributed by atoms with E-state index in [2.05, 4.69) is 29.0 Å². The standard InChI is InChI=1S/C24H34N2O3S/c1-29-21-12-8-11-20(15-21)17-25-22(16-19-9-4-3-5-10-19)23(27)18-26-24(28)13-6-7-14-30-2/h3-5,8-12,15,22-23,25,27H,6-7,13-14,16-18H2,1-2H3,(H,26,28)/t22-,23-/m0/s1. The Bertz CT molecular complexity index is 742. The predicted octanol–water partition coefficient (Wildman–Crippen LogP) is 3.41. The summed E-state index contributed by atoms with van der Waals surface area (Å²) in [5.41, 5.74) is 2.22. The van der Waals surface area contributed by atoms with E-state index in [-0.39, 0.29) is 18.5 Å². The van der Waals surface area contributed by atoms with E-state index in [1.807, 2.05) is 42.5 Å². The van der Waals surface area contributed by atoms with Gasteiger partial charge in [0, 0.05) is 25.6 Å². The topological polar surface area (TPSA) is 70.6 Å². The van der Waals surface area contributed by atoms with Crippen molar-refractivity contribution in [3.05, 3.63) is 65.7 Å². The van der Waals surface area contributed by atoms with Gasteiger partial charge in [-0.25, -0.2) is 0 Å². The molecule has 0 radical (unpaired) electrons. The minimum atomic E-state index is -0.689. The largest absolute Gasteiger partial charge is 0.497 e. The number of carbonyl (C=O) groups is 1. The Morgan fingerprint density at radius 3 is 2.60 bits per heavy atom. The highest BCUT2D eigenvalue weighted by Crippen LogP contribution is 2.13. The van der Waals surface area contributed by atoms with Gasteiger partial charge in [-0.15, -0.1) is 0 Å². The van der Waals surface area contributed by atoms with Gasteiger partial charge in [0.1, 0.15) is 5.75 Å². The van der Waals surface area contributed by atoms with Crippen LogP contribution in [0.2, 0.25) is 0 Å². The van der Waals surface area contributed by atoms with Crippen LogP contribution in [0.5, 0.6) is 5.75 Å². The Morgan fingerprint density at radius 2 is 1.87 bits per heavy atom. The van der Waals surface area contributed by atoms with Gasteiger partial charge in [0.25, 0.3) is 0 Å². The highest BCUT2D eigenvalue weighted by Gasteiger charge is 2.20. The summed E-state index contributed by atoms with van der Waals surface area (Å²) < 4.78 is 5.29. The Balaban J connectivity index is 1.91. The summed E-state index contributed by atoms with van der Waals surface area (Å²) in [6.45, 7) is 0.846. The molecule has 0 bridgehead atoms. The molecule has 2 atom stereocenters. The molecular formula is C24H34N2O3S. The van der Waals surface area contributed by atoms with Gasteiger partial charge in [0.2, 0.25) is 5.91 Å². The molecule has 5 nitrogen and oxygen atoms in total. The molecule has 0 saturated heterocycles. The van der Waals surface area contributed by atoms with Crippen LogP contribution in [0.15, 0.2) is 54.6 Å². The number of aliphatic hydroxyl groups excluding tert-OH is 1. The van der Waals surface area contributed by atoms with E-state index in [0.29, 0.717) is 19.4 Å². The Labute approximate surface area is 184 Å². The monoisotopic (exact) mass is 430 g/mol. The number of thioether (sulfide) groups is 1. The average molecular weight is 431 g/mol. The first-order valence-corrected chi connectivity index (χ1v) is 11.9. The van der Waals surface area contributed by atoms with E-state index in [0.717, 1.165) is 35.5 Å². The van der Waals surface area contributed by atoms with Crippen molar-refractivity contribution in [2.24, 2.45) is 0 Å². The highest BCUT2D eigenvalue weighted by molar-refractivity contribution is 7.98. The lowest BCUT2D eigenvalue weighted by atomic mass is 10.0. The first kappa shape index (κ1) is 24.3. The summed E-state index contributed by atoms with van der Waals surface area (Å²) in [6, 6.07) is 17.8. The molecule has 2 aromatic carbocycles. The Morgan fingerprint density at radius 1 is 1.10 bits per heavy atom. The summed E-state index contributed by atoms with van der Waals surface area (Å²) in [4.78, 5) is 12.1. The number of unbranched alkanes of at least 4 members (excludes halogenated alkanes) is 1. The molecular weight excluding hydrogens is 396 g/mol. The normalized spacial score (nSPS) is 12.9. The SMILES string of the molecule is COc1cccc(CN[C@@H](Cc2ccccc2)[C@@H](O)CNC(=O)CCCCSC)c1. The van der Waals surface area contributed by atoms with Crippen molar-refractivity contribution in [1.29, 1.82) is 0 Å². The molecule has 2 aromatic rings. The number of hydrogen-bond donors (Lipinski definition) is 3. The van der Waals surface area contributed by atoms with Gasteiger partial charge in [-0.2, -0.15) is 11.8 Å².